The van der Waals surface area contributed by atoms with Gasteiger partial charge in [-0.3, -0.25) is 4.79 Å². The van der Waals surface area contributed by atoms with E-state index in [1.54, 1.807) is 0 Å². The fraction of sp³-hybridized carbons (Fsp3) is 0.773. The number of ketones is 1. The highest BCUT2D eigenvalue weighted by Gasteiger charge is 2.36. The SMILES string of the molecule is C/C=C/C1=CC2(CCCCCCCCCCCCCC2)CC1=O. The average molecular weight is 317 g/mol. The van der Waals surface area contributed by atoms with Crippen molar-refractivity contribution in [2.75, 3.05) is 0 Å². The molecule has 0 saturated heterocycles. The number of Topliss-reactive ketones (excluding diaryl/α,β-unsaturated/α-hetero) is 1. The Balaban J connectivity index is 1.96. The van der Waals surface area contributed by atoms with Crippen LogP contribution in [0.15, 0.2) is 23.8 Å². The molecule has 0 amide bonds. The van der Waals surface area contributed by atoms with E-state index in [1.807, 2.05) is 19.1 Å². The first-order valence-corrected chi connectivity index (χ1v) is 10.1. The van der Waals surface area contributed by atoms with Crippen LogP contribution in [0.25, 0.3) is 0 Å². The van der Waals surface area contributed by atoms with E-state index in [0.29, 0.717) is 5.78 Å². The number of allylic oxidation sites excluding steroid dienone is 4. The average Bonchev–Trinajstić information content (AvgIpc) is 2.83. The van der Waals surface area contributed by atoms with E-state index in [1.165, 1.54) is 89.9 Å². The molecule has 1 fully saturated rings. The molecule has 1 spiro atoms. The third-order valence-electron chi connectivity index (χ3n) is 5.74. The molecule has 1 heteroatoms. The summed E-state index contributed by atoms with van der Waals surface area (Å²) < 4.78 is 0. The van der Waals surface area contributed by atoms with Gasteiger partial charge in [0.2, 0.25) is 0 Å². The zero-order valence-corrected chi connectivity index (χ0v) is 15.2. The Morgan fingerprint density at radius 2 is 1.22 bits per heavy atom. The van der Waals surface area contributed by atoms with Crippen LogP contribution in [-0.4, -0.2) is 5.78 Å². The minimum absolute atomic E-state index is 0.187. The first-order valence-electron chi connectivity index (χ1n) is 10.1. The first-order chi connectivity index (χ1) is 11.3. The van der Waals surface area contributed by atoms with Crippen LogP contribution in [0.2, 0.25) is 0 Å². The van der Waals surface area contributed by atoms with Crippen molar-refractivity contribution >= 4 is 5.78 Å². The summed E-state index contributed by atoms with van der Waals surface area (Å²) in [6, 6.07) is 0. The Kier molecular flexibility index (Phi) is 8.12. The van der Waals surface area contributed by atoms with E-state index in [4.69, 9.17) is 0 Å². The lowest BCUT2D eigenvalue weighted by molar-refractivity contribution is -0.116. The van der Waals surface area contributed by atoms with Gasteiger partial charge in [0, 0.05) is 12.0 Å². The third kappa shape index (κ3) is 6.28. The summed E-state index contributed by atoms with van der Waals surface area (Å²) in [5.41, 5.74) is 1.16. The van der Waals surface area contributed by atoms with Crippen LogP contribution in [0.1, 0.15) is 103 Å². The molecule has 2 aliphatic carbocycles. The Bertz CT molecular complexity index is 400. The molecule has 0 unspecified atom stereocenters. The minimum Gasteiger partial charge on any atom is -0.294 e. The van der Waals surface area contributed by atoms with E-state index in [0.717, 1.165) is 12.0 Å². The molecule has 2 rings (SSSR count). The van der Waals surface area contributed by atoms with Gasteiger partial charge >= 0.3 is 0 Å². The molecule has 1 nitrogen and oxygen atoms in total. The van der Waals surface area contributed by atoms with Gasteiger partial charge in [0.25, 0.3) is 0 Å². The topological polar surface area (TPSA) is 17.1 Å². The second kappa shape index (κ2) is 10.1. The van der Waals surface area contributed by atoms with Crippen molar-refractivity contribution in [3.05, 3.63) is 23.8 Å². The summed E-state index contributed by atoms with van der Waals surface area (Å²) in [6.45, 7) is 2.01. The minimum atomic E-state index is 0.187. The van der Waals surface area contributed by atoms with Crippen molar-refractivity contribution < 1.29 is 4.79 Å². The number of rotatable bonds is 1. The van der Waals surface area contributed by atoms with Crippen LogP contribution in [0.3, 0.4) is 0 Å². The third-order valence-corrected chi connectivity index (χ3v) is 5.74. The van der Waals surface area contributed by atoms with Crippen LogP contribution < -0.4 is 0 Å². The van der Waals surface area contributed by atoms with E-state index < -0.39 is 0 Å². The maximum atomic E-state index is 12.3. The molecule has 0 N–H and O–H groups in total. The smallest absolute Gasteiger partial charge is 0.163 e. The molecule has 0 atom stereocenters. The molecular formula is C22H36O. The normalized spacial score (nSPS) is 25.3. The van der Waals surface area contributed by atoms with E-state index in [9.17, 15) is 4.79 Å². The summed E-state index contributed by atoms with van der Waals surface area (Å²) in [5.74, 6) is 0.376. The molecule has 130 valence electrons. The summed E-state index contributed by atoms with van der Waals surface area (Å²) in [4.78, 5) is 12.3. The summed E-state index contributed by atoms with van der Waals surface area (Å²) >= 11 is 0. The molecule has 0 aliphatic heterocycles. The van der Waals surface area contributed by atoms with Gasteiger partial charge in [-0.1, -0.05) is 95.3 Å². The van der Waals surface area contributed by atoms with E-state index in [2.05, 4.69) is 6.08 Å². The van der Waals surface area contributed by atoms with Crippen LogP contribution in [0, 0.1) is 5.41 Å². The maximum absolute atomic E-state index is 12.3. The monoisotopic (exact) mass is 316 g/mol. The molecule has 0 aromatic rings. The molecule has 23 heavy (non-hydrogen) atoms. The molecule has 1 saturated carbocycles. The standard InChI is InChI=1S/C22H36O/c1-2-15-20-18-22(19-21(20)23)16-13-11-9-7-5-3-4-6-8-10-12-14-17-22/h2,15,18H,3-14,16-17,19H2,1H3/b15-2+. The quantitative estimate of drug-likeness (QED) is 0.513. The Hall–Kier alpha value is -0.850. The second-order valence-corrected chi connectivity index (χ2v) is 7.80. The largest absolute Gasteiger partial charge is 0.294 e. The van der Waals surface area contributed by atoms with Crippen molar-refractivity contribution in [3.8, 4) is 0 Å². The highest BCUT2D eigenvalue weighted by atomic mass is 16.1. The van der Waals surface area contributed by atoms with E-state index >= 15 is 0 Å². The summed E-state index contributed by atoms with van der Waals surface area (Å²) in [7, 11) is 0. The summed E-state index contributed by atoms with van der Waals surface area (Å²) in [5, 5.41) is 0. The van der Waals surface area contributed by atoms with Gasteiger partial charge in [-0.15, -0.1) is 0 Å². The number of hydrogen-bond donors (Lipinski definition) is 0. The van der Waals surface area contributed by atoms with Crippen molar-refractivity contribution in [2.45, 2.75) is 103 Å². The number of hydrogen-bond acceptors (Lipinski definition) is 1. The second-order valence-electron chi connectivity index (χ2n) is 7.80. The lowest BCUT2D eigenvalue weighted by atomic mass is 9.77. The molecule has 0 heterocycles. The zero-order chi connectivity index (χ0) is 16.4. The van der Waals surface area contributed by atoms with E-state index in [-0.39, 0.29) is 5.41 Å². The van der Waals surface area contributed by atoms with Gasteiger partial charge in [0.1, 0.15) is 0 Å². The first kappa shape index (κ1) is 18.5. The van der Waals surface area contributed by atoms with Gasteiger partial charge in [0.15, 0.2) is 5.78 Å². The van der Waals surface area contributed by atoms with Crippen molar-refractivity contribution in [1.29, 1.82) is 0 Å². The van der Waals surface area contributed by atoms with Gasteiger partial charge in [-0.2, -0.15) is 0 Å². The molecule has 2 aliphatic rings. The number of carbonyl (C=O) groups excluding carboxylic acids is 1. The fourth-order valence-electron chi connectivity index (χ4n) is 4.37. The van der Waals surface area contributed by atoms with Crippen molar-refractivity contribution in [3.63, 3.8) is 0 Å². The van der Waals surface area contributed by atoms with Gasteiger partial charge in [-0.25, -0.2) is 0 Å². The fourth-order valence-corrected chi connectivity index (χ4v) is 4.37. The molecule has 0 radical (unpaired) electrons. The van der Waals surface area contributed by atoms with Crippen LogP contribution in [0.5, 0.6) is 0 Å². The van der Waals surface area contributed by atoms with Crippen LogP contribution >= 0.6 is 0 Å². The predicted octanol–water partition coefficient (Wildman–Crippen LogP) is 6.92. The Morgan fingerprint density at radius 1 is 0.783 bits per heavy atom. The van der Waals surface area contributed by atoms with Gasteiger partial charge in [0.05, 0.1) is 0 Å². The van der Waals surface area contributed by atoms with Crippen LogP contribution in [-0.2, 0) is 4.79 Å². The lowest BCUT2D eigenvalue weighted by Crippen LogP contribution is -2.17. The predicted molar refractivity (Wildman–Crippen MR) is 99.6 cm³/mol. The van der Waals surface area contributed by atoms with Gasteiger partial charge in [-0.05, 0) is 25.2 Å². The summed E-state index contributed by atoms with van der Waals surface area (Å²) in [6.07, 6.45) is 26.2. The molecule has 0 bridgehead atoms. The van der Waals surface area contributed by atoms with Crippen molar-refractivity contribution in [2.24, 2.45) is 5.41 Å². The zero-order valence-electron chi connectivity index (χ0n) is 15.2. The highest BCUT2D eigenvalue weighted by Crippen LogP contribution is 2.43. The maximum Gasteiger partial charge on any atom is 0.163 e. The Labute approximate surface area is 143 Å². The molecule has 0 aromatic carbocycles. The molecule has 0 aromatic heterocycles. The number of carbonyl (C=O) groups is 1. The van der Waals surface area contributed by atoms with Gasteiger partial charge < -0.3 is 0 Å². The van der Waals surface area contributed by atoms with Crippen LogP contribution in [0.4, 0.5) is 0 Å². The molecular weight excluding hydrogens is 280 g/mol. The Morgan fingerprint density at radius 3 is 1.65 bits per heavy atom. The highest BCUT2D eigenvalue weighted by molar-refractivity contribution is 6.01. The lowest BCUT2D eigenvalue weighted by Gasteiger charge is -2.27. The van der Waals surface area contributed by atoms with Crippen molar-refractivity contribution in [1.82, 2.24) is 0 Å².